The summed E-state index contributed by atoms with van der Waals surface area (Å²) in [6.07, 6.45) is 3.04. The highest BCUT2D eigenvalue weighted by Crippen LogP contribution is 2.20. The fourth-order valence-electron chi connectivity index (χ4n) is 2.73. The minimum absolute atomic E-state index is 0. The Labute approximate surface area is 148 Å². The molecule has 1 aromatic carbocycles. The Bertz CT molecular complexity index is 568. The zero-order chi connectivity index (χ0) is 16.2. The molecular weight excluding hydrogens is 328 g/mol. The van der Waals surface area contributed by atoms with E-state index in [1.165, 1.54) is 0 Å². The van der Waals surface area contributed by atoms with Crippen molar-refractivity contribution in [3.63, 3.8) is 0 Å². The fourth-order valence-corrected chi connectivity index (χ4v) is 2.73. The third kappa shape index (κ3) is 5.11. The van der Waals surface area contributed by atoms with Gasteiger partial charge in [0, 0.05) is 18.3 Å². The van der Waals surface area contributed by atoms with Crippen LogP contribution in [-0.2, 0) is 4.79 Å². The van der Waals surface area contributed by atoms with Crippen molar-refractivity contribution < 1.29 is 9.59 Å². The number of halogens is 1. The number of urea groups is 1. The molecule has 132 valence electrons. The van der Waals surface area contributed by atoms with Crippen LogP contribution in [0.2, 0.25) is 0 Å². The summed E-state index contributed by atoms with van der Waals surface area (Å²) in [5.74, 6) is 0.179. The van der Waals surface area contributed by atoms with Gasteiger partial charge in [0.1, 0.15) is 0 Å². The Morgan fingerprint density at radius 1 is 1.17 bits per heavy atom. The number of hydrogen-bond donors (Lipinski definition) is 4. The third-order valence-electron chi connectivity index (χ3n) is 4.37. The summed E-state index contributed by atoms with van der Waals surface area (Å²) in [6, 6.07) is 7.74. The molecule has 2 atom stereocenters. The van der Waals surface area contributed by atoms with E-state index >= 15 is 0 Å². The first-order valence-corrected chi connectivity index (χ1v) is 8.30. The van der Waals surface area contributed by atoms with E-state index < -0.39 is 0 Å². The molecule has 0 spiro atoms. The predicted molar refractivity (Wildman–Crippen MR) is 96.4 cm³/mol. The van der Waals surface area contributed by atoms with E-state index in [1.54, 1.807) is 0 Å². The molecule has 2 unspecified atom stereocenters. The van der Waals surface area contributed by atoms with E-state index in [4.69, 9.17) is 0 Å². The monoisotopic (exact) mass is 352 g/mol. The fraction of sp³-hybridized carbons (Fsp3) is 0.529. The largest absolute Gasteiger partial charge is 0.349 e. The van der Waals surface area contributed by atoms with Gasteiger partial charge in [-0.15, -0.1) is 12.4 Å². The summed E-state index contributed by atoms with van der Waals surface area (Å²) in [7, 11) is 0. The van der Waals surface area contributed by atoms with Crippen molar-refractivity contribution in [1.82, 2.24) is 16.0 Å². The van der Waals surface area contributed by atoms with Gasteiger partial charge in [-0.05, 0) is 50.4 Å². The summed E-state index contributed by atoms with van der Waals surface area (Å²) in [5, 5.41) is 12.0. The van der Waals surface area contributed by atoms with Crippen LogP contribution in [0.4, 0.5) is 10.5 Å². The lowest BCUT2D eigenvalue weighted by molar-refractivity contribution is -0.125. The normalized spacial score (nSPS) is 20.6. The maximum absolute atomic E-state index is 12.1. The number of anilines is 1. The number of carbonyl (C=O) groups is 2. The molecule has 1 aliphatic carbocycles. The van der Waals surface area contributed by atoms with Crippen LogP contribution >= 0.6 is 12.4 Å². The van der Waals surface area contributed by atoms with Gasteiger partial charge in [0.15, 0.2) is 0 Å². The lowest BCUT2D eigenvalue weighted by atomic mass is 10.0. The molecule has 7 heteroatoms. The zero-order valence-electron chi connectivity index (χ0n) is 13.8. The van der Waals surface area contributed by atoms with Crippen LogP contribution in [-0.4, -0.2) is 31.1 Å². The first-order valence-electron chi connectivity index (χ1n) is 8.30. The van der Waals surface area contributed by atoms with E-state index in [-0.39, 0.29) is 36.3 Å². The molecule has 0 radical (unpaired) electrons. The lowest BCUT2D eigenvalue weighted by Gasteiger charge is -2.17. The Morgan fingerprint density at radius 2 is 1.88 bits per heavy atom. The molecule has 0 aromatic heterocycles. The van der Waals surface area contributed by atoms with Crippen LogP contribution in [0.25, 0.3) is 0 Å². The minimum Gasteiger partial charge on any atom is -0.349 e. The van der Waals surface area contributed by atoms with Gasteiger partial charge >= 0.3 is 6.03 Å². The topological polar surface area (TPSA) is 82.3 Å². The molecule has 4 N–H and O–H groups in total. The number of hydrogen-bond acceptors (Lipinski definition) is 3. The van der Waals surface area contributed by atoms with Crippen LogP contribution in [0.5, 0.6) is 0 Å². The van der Waals surface area contributed by atoms with Gasteiger partial charge in [0.05, 0.1) is 12.0 Å². The molecule has 1 heterocycles. The van der Waals surface area contributed by atoms with Gasteiger partial charge in [-0.25, -0.2) is 4.79 Å². The van der Waals surface area contributed by atoms with Gasteiger partial charge in [-0.2, -0.15) is 0 Å². The molecule has 3 rings (SSSR count). The number of nitrogens with one attached hydrogen (secondary N) is 4. The molecule has 24 heavy (non-hydrogen) atoms. The van der Waals surface area contributed by atoms with Crippen molar-refractivity contribution >= 4 is 30.0 Å². The van der Waals surface area contributed by atoms with Gasteiger partial charge in [-0.3, -0.25) is 4.79 Å². The van der Waals surface area contributed by atoms with Gasteiger partial charge in [-0.1, -0.05) is 12.1 Å². The van der Waals surface area contributed by atoms with Crippen LogP contribution in [0.1, 0.15) is 37.8 Å². The quantitative estimate of drug-likeness (QED) is 0.655. The highest BCUT2D eigenvalue weighted by molar-refractivity contribution is 5.89. The molecule has 1 saturated carbocycles. The number of amides is 3. The first kappa shape index (κ1) is 18.5. The van der Waals surface area contributed by atoms with E-state index in [2.05, 4.69) is 21.3 Å². The van der Waals surface area contributed by atoms with E-state index in [9.17, 15) is 9.59 Å². The standard InChI is InChI=1S/C17H24N4O2.ClH/c1-11(19-16(22)13-8-9-18-10-13)12-2-4-14(5-3-12)20-17(23)21-15-6-7-15;/h2-5,11,13,15,18H,6-10H2,1H3,(H,19,22)(H2,20,21,23);1H. The Kier molecular flexibility index (Phi) is 6.45. The van der Waals surface area contributed by atoms with E-state index in [1.807, 2.05) is 31.2 Å². The SMILES string of the molecule is CC(NC(=O)C1CCNC1)c1ccc(NC(=O)NC2CC2)cc1.Cl. The third-order valence-corrected chi connectivity index (χ3v) is 4.37. The van der Waals surface area contributed by atoms with Gasteiger partial charge in [0.2, 0.25) is 5.91 Å². The average Bonchev–Trinajstić information content (AvgIpc) is 3.17. The van der Waals surface area contributed by atoms with Crippen molar-refractivity contribution in [1.29, 1.82) is 0 Å². The van der Waals surface area contributed by atoms with Crippen LogP contribution in [0, 0.1) is 5.92 Å². The van der Waals surface area contributed by atoms with Crippen molar-refractivity contribution in [3.05, 3.63) is 29.8 Å². The maximum Gasteiger partial charge on any atom is 0.319 e. The molecule has 1 aliphatic heterocycles. The maximum atomic E-state index is 12.1. The highest BCUT2D eigenvalue weighted by atomic mass is 35.5. The minimum atomic E-state index is -0.157. The lowest BCUT2D eigenvalue weighted by Crippen LogP contribution is -2.33. The van der Waals surface area contributed by atoms with Crippen LogP contribution in [0.3, 0.4) is 0 Å². The number of benzene rings is 1. The summed E-state index contributed by atoms with van der Waals surface area (Å²) in [5.41, 5.74) is 1.78. The Hall–Kier alpha value is -1.79. The van der Waals surface area contributed by atoms with Crippen LogP contribution < -0.4 is 21.3 Å². The van der Waals surface area contributed by atoms with Crippen molar-refractivity contribution in [2.75, 3.05) is 18.4 Å². The summed E-state index contributed by atoms with van der Waals surface area (Å²) in [6.45, 7) is 3.65. The molecule has 2 aliphatic rings. The smallest absolute Gasteiger partial charge is 0.319 e. The molecule has 0 bridgehead atoms. The predicted octanol–water partition coefficient (Wildman–Crippen LogP) is 2.18. The summed E-state index contributed by atoms with van der Waals surface area (Å²) < 4.78 is 0. The second-order valence-electron chi connectivity index (χ2n) is 6.41. The Morgan fingerprint density at radius 3 is 2.46 bits per heavy atom. The number of carbonyl (C=O) groups excluding carboxylic acids is 2. The van der Waals surface area contributed by atoms with Gasteiger partial charge in [0.25, 0.3) is 0 Å². The molecule has 2 fully saturated rings. The molecule has 1 aromatic rings. The summed E-state index contributed by atoms with van der Waals surface area (Å²) >= 11 is 0. The summed E-state index contributed by atoms with van der Waals surface area (Å²) in [4.78, 5) is 23.8. The molecule has 3 amide bonds. The second-order valence-corrected chi connectivity index (χ2v) is 6.41. The van der Waals surface area contributed by atoms with Crippen molar-refractivity contribution in [3.8, 4) is 0 Å². The number of rotatable bonds is 5. The van der Waals surface area contributed by atoms with Crippen molar-refractivity contribution in [2.45, 2.75) is 38.3 Å². The molecular formula is C17H25ClN4O2. The average molecular weight is 353 g/mol. The molecule has 6 nitrogen and oxygen atoms in total. The Balaban J connectivity index is 0.00000208. The van der Waals surface area contributed by atoms with E-state index in [0.717, 1.165) is 43.6 Å². The van der Waals surface area contributed by atoms with Gasteiger partial charge < -0.3 is 21.3 Å². The van der Waals surface area contributed by atoms with E-state index in [0.29, 0.717) is 6.04 Å². The zero-order valence-corrected chi connectivity index (χ0v) is 14.6. The second kappa shape index (κ2) is 8.35. The van der Waals surface area contributed by atoms with Crippen LogP contribution in [0.15, 0.2) is 24.3 Å². The molecule has 1 saturated heterocycles. The van der Waals surface area contributed by atoms with Crippen molar-refractivity contribution in [2.24, 2.45) is 5.92 Å². The highest BCUT2D eigenvalue weighted by Gasteiger charge is 2.24. The first-order chi connectivity index (χ1) is 11.1.